The number of carbonyl (C=O) groups excluding carboxylic acids is 2. The third-order valence-electron chi connectivity index (χ3n) is 2.27. The predicted octanol–water partition coefficient (Wildman–Crippen LogP) is 2.92. The Hall–Kier alpha value is -1.70. The van der Waals surface area contributed by atoms with Crippen LogP contribution in [-0.4, -0.2) is 30.1 Å². The summed E-state index contributed by atoms with van der Waals surface area (Å²) in [6.07, 6.45) is 0. The van der Waals surface area contributed by atoms with Gasteiger partial charge in [0.15, 0.2) is 5.82 Å². The summed E-state index contributed by atoms with van der Waals surface area (Å²) in [5.41, 5.74) is -0.242. The molecule has 1 N–H and O–H groups in total. The number of hydrogen-bond donors (Lipinski definition) is 1. The first kappa shape index (κ1) is 16.4. The Kier molecular flexibility index (Phi) is 5.43. The Bertz CT molecular complexity index is 481. The first-order valence-corrected chi connectivity index (χ1v) is 6.90. The van der Waals surface area contributed by atoms with Crippen LogP contribution in [0.25, 0.3) is 0 Å². The van der Waals surface area contributed by atoms with Crippen LogP contribution in [0.15, 0.2) is 10.6 Å². The Morgan fingerprint density at radius 3 is 2.60 bits per heavy atom. The lowest BCUT2D eigenvalue weighted by Gasteiger charge is -2.16. The summed E-state index contributed by atoms with van der Waals surface area (Å²) in [5.74, 6) is 0.859. The van der Waals surface area contributed by atoms with Gasteiger partial charge >= 0.3 is 11.3 Å². The minimum atomic E-state index is -0.587. The monoisotopic (exact) mass is 301 g/mol. The summed E-state index contributed by atoms with van der Waals surface area (Å²) in [7, 11) is 1.46. The zero-order valence-corrected chi connectivity index (χ0v) is 13.0. The molecule has 0 unspecified atom stereocenters. The van der Waals surface area contributed by atoms with Gasteiger partial charge in [-0.1, -0.05) is 25.9 Å². The van der Waals surface area contributed by atoms with Crippen LogP contribution in [0.1, 0.15) is 33.5 Å². The van der Waals surface area contributed by atoms with E-state index in [0.29, 0.717) is 17.7 Å². The van der Waals surface area contributed by atoms with E-state index in [1.54, 1.807) is 13.0 Å². The molecular formula is C12H19N3O4S. The fourth-order valence-corrected chi connectivity index (χ4v) is 1.90. The number of anilines is 1. The molecule has 2 amide bonds. The molecule has 1 heterocycles. The van der Waals surface area contributed by atoms with Gasteiger partial charge in [0.25, 0.3) is 0 Å². The number of ether oxygens (including phenoxy) is 1. The lowest BCUT2D eigenvalue weighted by atomic mass is 9.93. The van der Waals surface area contributed by atoms with E-state index in [2.05, 4.69) is 10.5 Å². The summed E-state index contributed by atoms with van der Waals surface area (Å²) in [5, 5.41) is 5.68. The van der Waals surface area contributed by atoms with E-state index in [1.807, 2.05) is 20.8 Å². The third-order valence-corrected chi connectivity index (χ3v) is 3.07. The maximum Gasteiger partial charge on any atom is 0.388 e. The highest BCUT2D eigenvalue weighted by molar-refractivity contribution is 8.15. The van der Waals surface area contributed by atoms with Gasteiger partial charge in [-0.15, -0.1) is 0 Å². The summed E-state index contributed by atoms with van der Waals surface area (Å²) in [6, 6.07) is 1.14. The standard InChI is InChI=1S/C12H19N3O4S/c1-6-18-11(17)20-15(10(16)13-5)9-7-8(19-14-9)12(2,3)4/h7H,6H2,1-5H3,(H,13,16). The van der Waals surface area contributed by atoms with Crippen molar-refractivity contribution in [1.29, 1.82) is 0 Å². The molecule has 0 saturated heterocycles. The van der Waals surface area contributed by atoms with Crippen molar-refractivity contribution in [2.45, 2.75) is 33.1 Å². The molecule has 0 fully saturated rings. The van der Waals surface area contributed by atoms with Gasteiger partial charge in [0.2, 0.25) is 0 Å². The SMILES string of the molecule is CCOC(=O)SN(C(=O)NC)c1cc(C(C)(C)C)on1. The van der Waals surface area contributed by atoms with Gasteiger partial charge in [0, 0.05) is 18.5 Å². The van der Waals surface area contributed by atoms with Crippen LogP contribution in [0.3, 0.4) is 0 Å². The van der Waals surface area contributed by atoms with E-state index in [0.717, 1.165) is 4.31 Å². The zero-order valence-electron chi connectivity index (χ0n) is 12.2. The van der Waals surface area contributed by atoms with E-state index in [4.69, 9.17) is 9.26 Å². The maximum atomic E-state index is 11.8. The van der Waals surface area contributed by atoms with Crippen molar-refractivity contribution < 1.29 is 18.8 Å². The van der Waals surface area contributed by atoms with Crippen molar-refractivity contribution in [3.63, 3.8) is 0 Å². The molecule has 0 radical (unpaired) electrons. The third kappa shape index (κ3) is 4.16. The Labute approximate surface area is 122 Å². The number of hydrogen-bond acceptors (Lipinski definition) is 6. The molecule has 1 rings (SSSR count). The van der Waals surface area contributed by atoms with Crippen LogP contribution in [-0.2, 0) is 10.2 Å². The van der Waals surface area contributed by atoms with Crippen molar-refractivity contribution in [2.75, 3.05) is 18.0 Å². The lowest BCUT2D eigenvalue weighted by Crippen LogP contribution is -2.34. The zero-order chi connectivity index (χ0) is 15.3. The summed E-state index contributed by atoms with van der Waals surface area (Å²) >= 11 is 0.617. The normalized spacial score (nSPS) is 11.1. The first-order valence-electron chi connectivity index (χ1n) is 6.13. The van der Waals surface area contributed by atoms with Crippen molar-refractivity contribution >= 4 is 29.1 Å². The first-order chi connectivity index (χ1) is 9.29. The van der Waals surface area contributed by atoms with Crippen LogP contribution in [0.2, 0.25) is 0 Å². The van der Waals surface area contributed by atoms with Crippen LogP contribution in [0, 0.1) is 0 Å². The number of urea groups is 1. The quantitative estimate of drug-likeness (QED) is 0.668. The molecule has 0 aliphatic heterocycles. The molecule has 1 aromatic rings. The molecule has 0 spiro atoms. The minimum Gasteiger partial charge on any atom is -0.457 e. The summed E-state index contributed by atoms with van der Waals surface area (Å²) in [4.78, 5) is 23.3. The van der Waals surface area contributed by atoms with E-state index in [1.165, 1.54) is 7.05 Å². The maximum absolute atomic E-state index is 11.8. The predicted molar refractivity (Wildman–Crippen MR) is 76.8 cm³/mol. The van der Waals surface area contributed by atoms with Crippen molar-refractivity contribution in [3.8, 4) is 0 Å². The topological polar surface area (TPSA) is 84.7 Å². The molecule has 112 valence electrons. The molecule has 0 atom stereocenters. The van der Waals surface area contributed by atoms with Gasteiger partial charge in [-0.2, -0.15) is 0 Å². The number of rotatable bonds is 2. The molecule has 7 nitrogen and oxygen atoms in total. The molecule has 1 aromatic heterocycles. The van der Waals surface area contributed by atoms with E-state index < -0.39 is 11.3 Å². The van der Waals surface area contributed by atoms with Crippen molar-refractivity contribution in [3.05, 3.63) is 11.8 Å². The Morgan fingerprint density at radius 2 is 2.15 bits per heavy atom. The highest BCUT2D eigenvalue weighted by Crippen LogP contribution is 2.29. The smallest absolute Gasteiger partial charge is 0.388 e. The number of nitrogens with one attached hydrogen (secondary N) is 1. The molecule has 0 aliphatic carbocycles. The fourth-order valence-electron chi connectivity index (χ4n) is 1.23. The number of amides is 2. The largest absolute Gasteiger partial charge is 0.457 e. The lowest BCUT2D eigenvalue weighted by molar-refractivity contribution is 0.181. The summed E-state index contributed by atoms with van der Waals surface area (Å²) < 4.78 is 11.1. The van der Waals surface area contributed by atoms with Gasteiger partial charge in [0.1, 0.15) is 5.76 Å². The van der Waals surface area contributed by atoms with E-state index in [9.17, 15) is 9.59 Å². The van der Waals surface area contributed by atoms with Gasteiger partial charge in [-0.25, -0.2) is 13.9 Å². The second-order valence-electron chi connectivity index (χ2n) is 4.92. The van der Waals surface area contributed by atoms with Crippen LogP contribution < -0.4 is 9.62 Å². The van der Waals surface area contributed by atoms with E-state index >= 15 is 0 Å². The van der Waals surface area contributed by atoms with Gasteiger partial charge < -0.3 is 14.6 Å². The minimum absolute atomic E-state index is 0.236. The average molecular weight is 301 g/mol. The second kappa shape index (κ2) is 6.65. The number of carbonyl (C=O) groups is 2. The molecule has 8 heteroatoms. The van der Waals surface area contributed by atoms with Crippen LogP contribution in [0.4, 0.5) is 15.4 Å². The molecule has 0 aliphatic rings. The fraction of sp³-hybridized carbons (Fsp3) is 0.583. The van der Waals surface area contributed by atoms with Gasteiger partial charge in [-0.05, 0) is 6.92 Å². The Morgan fingerprint density at radius 1 is 1.50 bits per heavy atom. The van der Waals surface area contributed by atoms with E-state index in [-0.39, 0.29) is 17.8 Å². The average Bonchev–Trinajstić information content (AvgIpc) is 2.84. The van der Waals surface area contributed by atoms with Gasteiger partial charge in [0.05, 0.1) is 18.6 Å². The second-order valence-corrected chi connectivity index (χ2v) is 5.80. The van der Waals surface area contributed by atoms with Crippen LogP contribution in [0.5, 0.6) is 0 Å². The van der Waals surface area contributed by atoms with Crippen molar-refractivity contribution in [1.82, 2.24) is 10.5 Å². The van der Waals surface area contributed by atoms with Crippen molar-refractivity contribution in [2.24, 2.45) is 0 Å². The Balaban J connectivity index is 2.96. The molecular weight excluding hydrogens is 282 g/mol. The van der Waals surface area contributed by atoms with Crippen LogP contribution >= 0.6 is 11.9 Å². The van der Waals surface area contributed by atoms with Gasteiger partial charge in [-0.3, -0.25) is 0 Å². The molecule has 0 saturated carbocycles. The molecule has 20 heavy (non-hydrogen) atoms. The summed E-state index contributed by atoms with van der Waals surface area (Å²) in [6.45, 7) is 7.80. The number of aromatic nitrogens is 1. The highest BCUT2D eigenvalue weighted by Gasteiger charge is 2.27. The molecule has 0 bridgehead atoms. The number of nitrogens with zero attached hydrogens (tertiary/aromatic N) is 2. The molecule has 0 aromatic carbocycles. The highest BCUT2D eigenvalue weighted by atomic mass is 32.2.